The van der Waals surface area contributed by atoms with Crippen molar-refractivity contribution in [3.05, 3.63) is 29.8 Å². The van der Waals surface area contributed by atoms with Gasteiger partial charge in [0.15, 0.2) is 0 Å². The Morgan fingerprint density at radius 2 is 1.92 bits per heavy atom. The lowest BCUT2D eigenvalue weighted by atomic mass is 9.69. The van der Waals surface area contributed by atoms with E-state index >= 15 is 0 Å². The van der Waals surface area contributed by atoms with Crippen LogP contribution in [-0.2, 0) is 14.3 Å². The number of hydrogen-bond donors (Lipinski definition) is 0. The summed E-state index contributed by atoms with van der Waals surface area (Å²) in [6.45, 7) is 2.09. The van der Waals surface area contributed by atoms with Crippen LogP contribution in [0.1, 0.15) is 44.1 Å². The summed E-state index contributed by atoms with van der Waals surface area (Å²) in [4.78, 5) is 26.5. The number of piperidine rings is 1. The number of esters is 1. The molecule has 1 aliphatic heterocycles. The number of hydrogen-bond acceptors (Lipinski definition) is 4. The number of carbonyl (C=O) groups excluding carboxylic acids is 2. The van der Waals surface area contributed by atoms with E-state index in [-0.39, 0.29) is 17.9 Å². The monoisotopic (exact) mass is 345 g/mol. The van der Waals surface area contributed by atoms with E-state index in [0.717, 1.165) is 25.0 Å². The zero-order chi connectivity index (χ0) is 18.0. The molecule has 5 nitrogen and oxygen atoms in total. The number of benzene rings is 1. The summed E-state index contributed by atoms with van der Waals surface area (Å²) >= 11 is 0. The molecule has 1 heterocycles. The van der Waals surface area contributed by atoms with Gasteiger partial charge in [-0.05, 0) is 62.1 Å². The molecule has 0 spiro atoms. The summed E-state index contributed by atoms with van der Waals surface area (Å²) < 4.78 is 10.4. The van der Waals surface area contributed by atoms with Crippen molar-refractivity contribution in [2.24, 2.45) is 11.8 Å². The van der Waals surface area contributed by atoms with Crippen LogP contribution in [0, 0.1) is 11.8 Å². The first-order valence-electron chi connectivity index (χ1n) is 9.12. The largest absolute Gasteiger partial charge is 0.497 e. The van der Waals surface area contributed by atoms with Gasteiger partial charge in [-0.2, -0.15) is 0 Å². The van der Waals surface area contributed by atoms with Crippen LogP contribution < -0.4 is 4.74 Å². The second-order valence-electron chi connectivity index (χ2n) is 7.10. The van der Waals surface area contributed by atoms with Crippen LogP contribution in [-0.4, -0.2) is 43.6 Å². The highest BCUT2D eigenvalue weighted by Crippen LogP contribution is 2.44. The van der Waals surface area contributed by atoms with E-state index in [0.29, 0.717) is 24.9 Å². The number of likely N-dealkylation sites (tertiary alicyclic amines) is 1. The standard InChI is InChI=1S/C20H27NO4/c1-4-25-20(23)17-12-15-11-14(7-10-18(15)21(2)19(17)22)13-5-8-16(24-3)9-6-13/h5-6,8-9,14-15,17-18H,4,7,10-12H2,1-3H3. The summed E-state index contributed by atoms with van der Waals surface area (Å²) in [5.74, 6) is 0.588. The van der Waals surface area contributed by atoms with E-state index < -0.39 is 5.92 Å². The molecule has 1 aliphatic carbocycles. The number of nitrogens with zero attached hydrogens (tertiary/aromatic N) is 1. The molecule has 0 N–H and O–H groups in total. The summed E-state index contributed by atoms with van der Waals surface area (Å²) in [6, 6.07) is 8.50. The van der Waals surface area contributed by atoms with E-state index in [1.807, 2.05) is 19.2 Å². The van der Waals surface area contributed by atoms with Crippen molar-refractivity contribution in [3.8, 4) is 5.75 Å². The van der Waals surface area contributed by atoms with Crippen molar-refractivity contribution in [1.82, 2.24) is 4.90 Å². The molecule has 0 bridgehead atoms. The van der Waals surface area contributed by atoms with Crippen LogP contribution in [0.2, 0.25) is 0 Å². The summed E-state index contributed by atoms with van der Waals surface area (Å²) in [5, 5.41) is 0. The van der Waals surface area contributed by atoms with Crippen LogP contribution in [0.5, 0.6) is 5.75 Å². The number of methoxy groups -OCH3 is 1. The topological polar surface area (TPSA) is 55.8 Å². The fourth-order valence-electron chi connectivity index (χ4n) is 4.44. The molecule has 1 amide bonds. The molecule has 5 heteroatoms. The molecule has 1 saturated carbocycles. The minimum absolute atomic E-state index is 0.0809. The van der Waals surface area contributed by atoms with Crippen LogP contribution in [0.4, 0.5) is 0 Å². The Labute approximate surface area is 149 Å². The van der Waals surface area contributed by atoms with E-state index in [4.69, 9.17) is 9.47 Å². The molecule has 3 rings (SSSR count). The molecule has 2 fully saturated rings. The van der Waals surface area contributed by atoms with Gasteiger partial charge in [0.25, 0.3) is 0 Å². The van der Waals surface area contributed by atoms with Crippen molar-refractivity contribution in [2.75, 3.05) is 20.8 Å². The van der Waals surface area contributed by atoms with E-state index in [1.54, 1.807) is 18.9 Å². The summed E-state index contributed by atoms with van der Waals surface area (Å²) in [7, 11) is 3.50. The van der Waals surface area contributed by atoms with Crippen molar-refractivity contribution in [3.63, 3.8) is 0 Å². The van der Waals surface area contributed by atoms with Crippen molar-refractivity contribution in [2.45, 2.75) is 44.6 Å². The molecule has 25 heavy (non-hydrogen) atoms. The highest BCUT2D eigenvalue weighted by Gasteiger charge is 2.46. The maximum Gasteiger partial charge on any atom is 0.318 e. The lowest BCUT2D eigenvalue weighted by Gasteiger charge is -2.46. The number of amides is 1. The third-order valence-corrected chi connectivity index (χ3v) is 5.78. The first-order chi connectivity index (χ1) is 12.0. The molecular weight excluding hydrogens is 318 g/mol. The molecule has 0 radical (unpaired) electrons. The smallest absolute Gasteiger partial charge is 0.318 e. The van der Waals surface area contributed by atoms with Gasteiger partial charge in [0.2, 0.25) is 5.91 Å². The maximum atomic E-state index is 12.5. The van der Waals surface area contributed by atoms with Gasteiger partial charge in [0.1, 0.15) is 11.7 Å². The maximum absolute atomic E-state index is 12.5. The van der Waals surface area contributed by atoms with Gasteiger partial charge >= 0.3 is 5.97 Å². The lowest BCUT2D eigenvalue weighted by Crippen LogP contribution is -2.54. The molecule has 0 aromatic heterocycles. The Balaban J connectivity index is 1.73. The van der Waals surface area contributed by atoms with Gasteiger partial charge in [-0.1, -0.05) is 12.1 Å². The quantitative estimate of drug-likeness (QED) is 0.622. The normalized spacial score (nSPS) is 29.1. The molecule has 1 aromatic rings. The highest BCUT2D eigenvalue weighted by atomic mass is 16.5. The summed E-state index contributed by atoms with van der Waals surface area (Å²) in [6.07, 6.45) is 3.66. The van der Waals surface area contributed by atoms with Crippen molar-refractivity contribution >= 4 is 11.9 Å². The van der Waals surface area contributed by atoms with Gasteiger partial charge in [-0.15, -0.1) is 0 Å². The molecule has 1 aromatic carbocycles. The van der Waals surface area contributed by atoms with Crippen molar-refractivity contribution in [1.29, 1.82) is 0 Å². The average molecular weight is 345 g/mol. The molecule has 136 valence electrons. The van der Waals surface area contributed by atoms with Crippen LogP contribution >= 0.6 is 0 Å². The Morgan fingerprint density at radius 1 is 1.20 bits per heavy atom. The minimum atomic E-state index is -0.638. The fraction of sp³-hybridized carbons (Fsp3) is 0.600. The Morgan fingerprint density at radius 3 is 2.56 bits per heavy atom. The van der Waals surface area contributed by atoms with Crippen LogP contribution in [0.25, 0.3) is 0 Å². The second kappa shape index (κ2) is 7.46. The fourth-order valence-corrected chi connectivity index (χ4v) is 4.44. The number of ether oxygens (including phenoxy) is 2. The molecule has 2 aliphatic rings. The van der Waals surface area contributed by atoms with E-state index in [9.17, 15) is 9.59 Å². The van der Waals surface area contributed by atoms with Gasteiger partial charge in [0.05, 0.1) is 13.7 Å². The number of rotatable bonds is 4. The molecule has 4 atom stereocenters. The van der Waals surface area contributed by atoms with Crippen LogP contribution in [0.3, 0.4) is 0 Å². The summed E-state index contributed by atoms with van der Waals surface area (Å²) in [5.41, 5.74) is 1.31. The lowest BCUT2D eigenvalue weighted by molar-refractivity contribution is -0.161. The highest BCUT2D eigenvalue weighted by molar-refractivity contribution is 5.98. The van der Waals surface area contributed by atoms with Gasteiger partial charge in [-0.25, -0.2) is 0 Å². The Bertz CT molecular complexity index is 627. The van der Waals surface area contributed by atoms with Crippen LogP contribution in [0.15, 0.2) is 24.3 Å². The van der Waals surface area contributed by atoms with E-state index in [2.05, 4.69) is 12.1 Å². The van der Waals surface area contributed by atoms with Gasteiger partial charge in [0, 0.05) is 13.1 Å². The first kappa shape index (κ1) is 17.8. The second-order valence-corrected chi connectivity index (χ2v) is 7.10. The minimum Gasteiger partial charge on any atom is -0.497 e. The average Bonchev–Trinajstić information content (AvgIpc) is 2.64. The third kappa shape index (κ3) is 3.51. The molecule has 1 saturated heterocycles. The Kier molecular flexibility index (Phi) is 5.30. The van der Waals surface area contributed by atoms with E-state index in [1.165, 1.54) is 5.56 Å². The molecular formula is C20H27NO4. The zero-order valence-electron chi connectivity index (χ0n) is 15.2. The Hall–Kier alpha value is -2.04. The number of fused-ring (bicyclic) bond motifs is 1. The van der Waals surface area contributed by atoms with Crippen molar-refractivity contribution < 1.29 is 19.1 Å². The predicted molar refractivity (Wildman–Crippen MR) is 94.4 cm³/mol. The van der Waals surface area contributed by atoms with Gasteiger partial charge < -0.3 is 14.4 Å². The predicted octanol–water partition coefficient (Wildman–Crippen LogP) is 2.99. The first-order valence-corrected chi connectivity index (χ1v) is 9.12. The molecule has 4 unspecified atom stereocenters. The zero-order valence-corrected chi connectivity index (χ0v) is 15.2. The van der Waals surface area contributed by atoms with Gasteiger partial charge in [-0.3, -0.25) is 9.59 Å². The third-order valence-electron chi connectivity index (χ3n) is 5.78. The number of carbonyl (C=O) groups is 2. The SMILES string of the molecule is CCOC(=O)C1CC2CC(c3ccc(OC)cc3)CCC2N(C)C1=O.